The second kappa shape index (κ2) is 6.68. The van der Waals surface area contributed by atoms with Crippen LogP contribution in [0.3, 0.4) is 0 Å². The van der Waals surface area contributed by atoms with Crippen molar-refractivity contribution in [1.29, 1.82) is 0 Å². The predicted molar refractivity (Wildman–Crippen MR) is 99.2 cm³/mol. The van der Waals surface area contributed by atoms with Crippen molar-refractivity contribution >= 4 is 23.3 Å². The molecule has 0 unspecified atom stereocenters. The van der Waals surface area contributed by atoms with Gasteiger partial charge in [0.1, 0.15) is 5.84 Å². The first kappa shape index (κ1) is 15.8. The van der Waals surface area contributed by atoms with Gasteiger partial charge in [-0.2, -0.15) is 10.1 Å². The maximum Gasteiger partial charge on any atom is 0.256 e. The first-order valence-corrected chi connectivity index (χ1v) is 8.21. The van der Waals surface area contributed by atoms with E-state index in [4.69, 9.17) is 0 Å². The van der Waals surface area contributed by atoms with Crippen LogP contribution < -0.4 is 10.3 Å². The van der Waals surface area contributed by atoms with Crippen molar-refractivity contribution in [3.05, 3.63) is 84.7 Å². The average Bonchev–Trinajstić information content (AvgIpc) is 3.32. The number of aromatic nitrogens is 1. The monoisotopic (exact) mass is 344 g/mol. The summed E-state index contributed by atoms with van der Waals surface area (Å²) in [6, 6.07) is 20.2. The summed E-state index contributed by atoms with van der Waals surface area (Å²) in [7, 11) is 0. The Morgan fingerprint density at radius 3 is 2.27 bits per heavy atom. The predicted octanol–water partition coefficient (Wildman–Crippen LogP) is 2.96. The van der Waals surface area contributed by atoms with Crippen LogP contribution in [-0.2, 0) is 4.79 Å². The molecule has 6 heteroatoms. The molecule has 0 radical (unpaired) electrons. The van der Waals surface area contributed by atoms with E-state index in [-0.39, 0.29) is 18.2 Å². The molecule has 1 N–H and O–H groups in total. The van der Waals surface area contributed by atoms with Gasteiger partial charge in [0.25, 0.3) is 11.8 Å². The molecule has 1 aliphatic rings. The van der Waals surface area contributed by atoms with E-state index in [0.717, 1.165) is 5.69 Å². The normalized spacial score (nSPS) is 13.6. The standard InChI is InChI=1S/C20H16N4O2/c25-19-14-18(22-24(19)17-6-2-1-3-7-17)21-20(26)15-8-10-16(11-9-15)23-12-4-5-13-23/h1-13H,14H2,(H,21,22,26). The topological polar surface area (TPSA) is 66.7 Å². The number of amides is 2. The largest absolute Gasteiger partial charge is 0.324 e. The van der Waals surface area contributed by atoms with Gasteiger partial charge in [-0.1, -0.05) is 18.2 Å². The molecule has 3 aromatic rings. The third-order valence-electron chi connectivity index (χ3n) is 4.07. The van der Waals surface area contributed by atoms with Gasteiger partial charge in [0, 0.05) is 23.6 Å². The fourth-order valence-corrected chi connectivity index (χ4v) is 2.76. The molecule has 2 aromatic carbocycles. The Balaban J connectivity index is 1.47. The number of rotatable bonds is 3. The Morgan fingerprint density at radius 2 is 1.58 bits per heavy atom. The second-order valence-corrected chi connectivity index (χ2v) is 5.86. The number of carbonyl (C=O) groups is 2. The van der Waals surface area contributed by atoms with E-state index in [9.17, 15) is 9.59 Å². The molecule has 0 bridgehead atoms. The van der Waals surface area contributed by atoms with Gasteiger partial charge >= 0.3 is 0 Å². The van der Waals surface area contributed by atoms with Gasteiger partial charge in [-0.25, -0.2) is 0 Å². The van der Waals surface area contributed by atoms with Crippen LogP contribution in [0, 0.1) is 0 Å². The molecule has 1 aromatic heterocycles. The van der Waals surface area contributed by atoms with Crippen molar-refractivity contribution in [2.24, 2.45) is 5.10 Å². The summed E-state index contributed by atoms with van der Waals surface area (Å²) in [5.74, 6) is -0.113. The van der Waals surface area contributed by atoms with Crippen LogP contribution in [0.15, 0.2) is 84.2 Å². The van der Waals surface area contributed by atoms with Gasteiger partial charge in [-0.3, -0.25) is 9.59 Å². The minimum absolute atomic E-state index is 0.0715. The number of para-hydroxylation sites is 1. The van der Waals surface area contributed by atoms with Crippen molar-refractivity contribution in [1.82, 2.24) is 9.88 Å². The van der Waals surface area contributed by atoms with Gasteiger partial charge in [-0.05, 0) is 48.5 Å². The van der Waals surface area contributed by atoms with Crippen molar-refractivity contribution in [3.8, 4) is 5.69 Å². The Hall–Kier alpha value is -3.67. The highest BCUT2D eigenvalue weighted by Gasteiger charge is 2.26. The molecule has 0 aliphatic carbocycles. The smallest absolute Gasteiger partial charge is 0.256 e. The molecule has 6 nitrogen and oxygen atoms in total. The molecule has 2 heterocycles. The molecule has 0 saturated heterocycles. The molecule has 0 fully saturated rings. The summed E-state index contributed by atoms with van der Waals surface area (Å²) in [4.78, 5) is 24.6. The Bertz CT molecular complexity index is 961. The lowest BCUT2D eigenvalue weighted by Gasteiger charge is -2.10. The van der Waals surface area contributed by atoms with Crippen molar-refractivity contribution in [2.45, 2.75) is 6.42 Å². The van der Waals surface area contributed by atoms with Crippen LogP contribution >= 0.6 is 0 Å². The summed E-state index contributed by atoms with van der Waals surface area (Å²) in [5, 5.41) is 8.26. The maximum absolute atomic E-state index is 12.4. The number of amidine groups is 1. The molecular weight excluding hydrogens is 328 g/mol. The number of nitrogens with one attached hydrogen (secondary N) is 1. The fourth-order valence-electron chi connectivity index (χ4n) is 2.76. The van der Waals surface area contributed by atoms with Crippen LogP contribution in [-0.4, -0.2) is 22.2 Å². The molecule has 4 rings (SSSR count). The molecule has 1 aliphatic heterocycles. The maximum atomic E-state index is 12.4. The van der Waals surface area contributed by atoms with E-state index >= 15 is 0 Å². The van der Waals surface area contributed by atoms with Gasteiger partial charge in [0.2, 0.25) is 0 Å². The SMILES string of the molecule is O=C(NC1=NN(c2ccccc2)C(=O)C1)c1ccc(-n2cccc2)cc1. The van der Waals surface area contributed by atoms with Crippen LogP contribution in [0.2, 0.25) is 0 Å². The van der Waals surface area contributed by atoms with Gasteiger partial charge in [0.15, 0.2) is 0 Å². The van der Waals surface area contributed by atoms with Gasteiger partial charge < -0.3 is 9.88 Å². The van der Waals surface area contributed by atoms with Crippen LogP contribution in [0.5, 0.6) is 0 Å². The molecule has 26 heavy (non-hydrogen) atoms. The zero-order chi connectivity index (χ0) is 17.9. The quantitative estimate of drug-likeness (QED) is 0.794. The third-order valence-corrected chi connectivity index (χ3v) is 4.07. The van der Waals surface area contributed by atoms with Crippen molar-refractivity contribution in [2.75, 3.05) is 5.01 Å². The van der Waals surface area contributed by atoms with Crippen molar-refractivity contribution in [3.63, 3.8) is 0 Å². The summed E-state index contributed by atoms with van der Waals surface area (Å²) >= 11 is 0. The third kappa shape index (κ3) is 3.12. The lowest BCUT2D eigenvalue weighted by Crippen LogP contribution is -2.29. The van der Waals surface area contributed by atoms with Gasteiger partial charge in [-0.15, -0.1) is 0 Å². The first-order chi connectivity index (χ1) is 12.7. The van der Waals surface area contributed by atoms with E-state index in [1.807, 2.05) is 59.4 Å². The van der Waals surface area contributed by atoms with E-state index in [1.165, 1.54) is 5.01 Å². The number of nitrogens with zero attached hydrogens (tertiary/aromatic N) is 3. The number of benzene rings is 2. The second-order valence-electron chi connectivity index (χ2n) is 5.86. The highest BCUT2D eigenvalue weighted by atomic mass is 16.2. The van der Waals surface area contributed by atoms with Crippen LogP contribution in [0.25, 0.3) is 5.69 Å². The van der Waals surface area contributed by atoms with E-state index in [0.29, 0.717) is 17.1 Å². The molecule has 0 atom stereocenters. The lowest BCUT2D eigenvalue weighted by molar-refractivity contribution is -0.116. The Morgan fingerprint density at radius 1 is 0.885 bits per heavy atom. The van der Waals surface area contributed by atoms with E-state index in [1.54, 1.807) is 24.3 Å². The summed E-state index contributed by atoms with van der Waals surface area (Å²) in [6.45, 7) is 0. The molecule has 0 saturated carbocycles. The van der Waals surface area contributed by atoms with Crippen molar-refractivity contribution < 1.29 is 9.59 Å². The zero-order valence-electron chi connectivity index (χ0n) is 13.9. The number of hydrazone groups is 1. The van der Waals surface area contributed by atoms with Crippen LogP contribution in [0.4, 0.5) is 5.69 Å². The number of carbonyl (C=O) groups excluding carboxylic acids is 2. The summed E-state index contributed by atoms with van der Waals surface area (Å²) in [6.07, 6.45) is 3.94. The summed E-state index contributed by atoms with van der Waals surface area (Å²) < 4.78 is 1.96. The first-order valence-electron chi connectivity index (χ1n) is 8.21. The highest BCUT2D eigenvalue weighted by molar-refractivity contribution is 6.17. The highest BCUT2D eigenvalue weighted by Crippen LogP contribution is 2.19. The van der Waals surface area contributed by atoms with E-state index in [2.05, 4.69) is 10.4 Å². The number of hydrogen-bond acceptors (Lipinski definition) is 3. The lowest BCUT2D eigenvalue weighted by atomic mass is 10.2. The molecule has 0 spiro atoms. The Kier molecular flexibility index (Phi) is 4.07. The molecule has 128 valence electrons. The average molecular weight is 344 g/mol. The minimum atomic E-state index is -0.287. The van der Waals surface area contributed by atoms with Crippen LogP contribution in [0.1, 0.15) is 16.8 Å². The van der Waals surface area contributed by atoms with Gasteiger partial charge in [0.05, 0.1) is 12.1 Å². The molecule has 2 amide bonds. The fraction of sp³-hybridized carbons (Fsp3) is 0.0500. The number of anilines is 1. The summed E-state index contributed by atoms with van der Waals surface area (Å²) in [5.41, 5.74) is 2.15. The minimum Gasteiger partial charge on any atom is -0.324 e. The molecular formula is C20H16N4O2. The number of hydrogen-bond donors (Lipinski definition) is 1. The Labute approximate surface area is 150 Å². The zero-order valence-corrected chi connectivity index (χ0v) is 13.9. The van der Waals surface area contributed by atoms with E-state index < -0.39 is 0 Å².